The Bertz CT molecular complexity index is 366. The molecular formula is C9H10BrF3N2O. The number of hydrogen-bond acceptors (Lipinski definition) is 2. The number of aromatic nitrogens is 2. The van der Waals surface area contributed by atoms with Gasteiger partial charge in [-0.3, -0.25) is 5.10 Å². The number of nitrogens with one attached hydrogen (secondary N) is 1. The zero-order valence-electron chi connectivity index (χ0n) is 8.22. The zero-order valence-corrected chi connectivity index (χ0v) is 9.81. The molecule has 1 aliphatic rings. The summed E-state index contributed by atoms with van der Waals surface area (Å²) in [5.41, 5.74) is -0.537. The van der Waals surface area contributed by atoms with Crippen LogP contribution in [-0.4, -0.2) is 21.6 Å². The monoisotopic (exact) mass is 298 g/mol. The van der Waals surface area contributed by atoms with Crippen LogP contribution in [0.2, 0.25) is 0 Å². The van der Waals surface area contributed by atoms with E-state index in [1.807, 2.05) is 5.10 Å². The second kappa shape index (κ2) is 4.37. The number of hydrogen-bond donors (Lipinski definition) is 1. The Morgan fingerprint density at radius 1 is 1.50 bits per heavy atom. The average molecular weight is 299 g/mol. The lowest BCUT2D eigenvalue weighted by molar-refractivity contribution is -0.141. The highest BCUT2D eigenvalue weighted by atomic mass is 79.9. The maximum absolute atomic E-state index is 12.3. The van der Waals surface area contributed by atoms with Crippen LogP contribution in [0, 0.1) is 0 Å². The van der Waals surface area contributed by atoms with Crippen LogP contribution in [0.3, 0.4) is 0 Å². The van der Waals surface area contributed by atoms with E-state index < -0.39 is 18.0 Å². The number of halogens is 4. The third-order valence-corrected chi connectivity index (χ3v) is 3.38. The Kier molecular flexibility index (Phi) is 3.25. The van der Waals surface area contributed by atoms with Crippen LogP contribution in [0.5, 0.6) is 0 Å². The fraction of sp³-hybridized carbons (Fsp3) is 0.667. The van der Waals surface area contributed by atoms with E-state index in [1.165, 1.54) is 0 Å². The highest BCUT2D eigenvalue weighted by Gasteiger charge is 2.35. The summed E-state index contributed by atoms with van der Waals surface area (Å²) < 4.78 is 42.4. The van der Waals surface area contributed by atoms with Crippen molar-refractivity contribution >= 4 is 15.9 Å². The van der Waals surface area contributed by atoms with E-state index in [9.17, 15) is 13.2 Å². The molecule has 0 saturated carbocycles. The molecule has 0 radical (unpaired) electrons. The third kappa shape index (κ3) is 2.40. The number of aromatic amines is 1. The zero-order chi connectivity index (χ0) is 11.8. The van der Waals surface area contributed by atoms with Crippen LogP contribution in [0.1, 0.15) is 30.3 Å². The molecule has 0 amide bonds. The fourth-order valence-corrected chi connectivity index (χ4v) is 2.39. The van der Waals surface area contributed by atoms with Crippen molar-refractivity contribution in [2.24, 2.45) is 0 Å². The topological polar surface area (TPSA) is 37.9 Å². The van der Waals surface area contributed by atoms with E-state index >= 15 is 0 Å². The first-order chi connectivity index (χ1) is 7.48. The van der Waals surface area contributed by atoms with Gasteiger partial charge in [0.25, 0.3) is 0 Å². The molecule has 1 N–H and O–H groups in total. The third-order valence-electron chi connectivity index (χ3n) is 2.44. The summed E-state index contributed by atoms with van der Waals surface area (Å²) in [6, 6.07) is 1.00. The first-order valence-corrected chi connectivity index (χ1v) is 5.78. The number of alkyl halides is 4. The van der Waals surface area contributed by atoms with Crippen molar-refractivity contribution in [1.82, 2.24) is 10.2 Å². The van der Waals surface area contributed by atoms with Gasteiger partial charge in [-0.15, -0.1) is 0 Å². The number of nitrogens with zero attached hydrogens (tertiary/aromatic N) is 1. The van der Waals surface area contributed by atoms with Gasteiger partial charge in [-0.25, -0.2) is 0 Å². The molecule has 7 heteroatoms. The lowest BCUT2D eigenvalue weighted by atomic mass is 10.1. The van der Waals surface area contributed by atoms with Crippen LogP contribution in [0.4, 0.5) is 13.2 Å². The van der Waals surface area contributed by atoms with Gasteiger partial charge in [0, 0.05) is 11.4 Å². The van der Waals surface area contributed by atoms with Crippen molar-refractivity contribution in [1.29, 1.82) is 0 Å². The summed E-state index contributed by atoms with van der Waals surface area (Å²) in [5, 5.41) is 5.64. The Morgan fingerprint density at radius 3 is 2.81 bits per heavy atom. The molecule has 0 aliphatic carbocycles. The van der Waals surface area contributed by atoms with Crippen LogP contribution in [0.15, 0.2) is 6.07 Å². The molecule has 16 heavy (non-hydrogen) atoms. The molecule has 2 rings (SSSR count). The van der Waals surface area contributed by atoms with E-state index in [0.717, 1.165) is 18.9 Å². The minimum atomic E-state index is -4.39. The summed E-state index contributed by atoms with van der Waals surface area (Å²) in [5.74, 6) is 0. The van der Waals surface area contributed by atoms with Gasteiger partial charge in [0.15, 0.2) is 0 Å². The Labute approximate surface area is 98.5 Å². The second-order valence-electron chi connectivity index (χ2n) is 3.65. The molecule has 3 nitrogen and oxygen atoms in total. The highest BCUT2D eigenvalue weighted by Crippen LogP contribution is 2.35. The lowest BCUT2D eigenvalue weighted by Gasteiger charge is -2.26. The average Bonchev–Trinajstić information content (AvgIpc) is 2.66. The van der Waals surface area contributed by atoms with Gasteiger partial charge in [0.2, 0.25) is 0 Å². The minimum absolute atomic E-state index is 0.0191. The van der Waals surface area contributed by atoms with E-state index in [4.69, 9.17) is 4.74 Å². The van der Waals surface area contributed by atoms with Gasteiger partial charge in [-0.2, -0.15) is 18.3 Å². The summed E-state index contributed by atoms with van der Waals surface area (Å²) in [4.78, 5) is 0.0191. The summed E-state index contributed by atoms with van der Waals surface area (Å²) in [6.45, 7) is 0.557. The van der Waals surface area contributed by atoms with Gasteiger partial charge in [0.1, 0.15) is 11.8 Å². The predicted octanol–water partition coefficient (Wildman–Crippen LogP) is 3.04. The van der Waals surface area contributed by atoms with E-state index in [-0.39, 0.29) is 4.83 Å². The molecule has 1 fully saturated rings. The van der Waals surface area contributed by atoms with Crippen LogP contribution < -0.4 is 0 Å². The molecule has 1 aromatic rings. The molecule has 1 unspecified atom stereocenters. The van der Waals surface area contributed by atoms with Crippen molar-refractivity contribution in [3.8, 4) is 0 Å². The van der Waals surface area contributed by atoms with Gasteiger partial charge in [-0.05, 0) is 18.9 Å². The molecule has 0 spiro atoms. The van der Waals surface area contributed by atoms with E-state index in [1.54, 1.807) is 0 Å². The van der Waals surface area contributed by atoms with Gasteiger partial charge >= 0.3 is 6.18 Å². The number of rotatable bonds is 1. The first kappa shape index (κ1) is 11.9. The van der Waals surface area contributed by atoms with E-state index in [2.05, 4.69) is 21.0 Å². The SMILES string of the molecule is FC(F)(F)c1cc(C2OCCC[C@@H]2Br)n[nH]1. The van der Waals surface area contributed by atoms with Crippen molar-refractivity contribution in [2.75, 3.05) is 6.61 Å². The summed E-state index contributed by atoms with van der Waals surface area (Å²) in [6.07, 6.45) is -3.01. The smallest absolute Gasteiger partial charge is 0.371 e. The summed E-state index contributed by atoms with van der Waals surface area (Å²) >= 11 is 3.39. The molecule has 1 aromatic heterocycles. The molecule has 0 bridgehead atoms. The maximum Gasteiger partial charge on any atom is 0.432 e. The fourth-order valence-electron chi connectivity index (χ4n) is 1.64. The molecule has 2 atom stereocenters. The van der Waals surface area contributed by atoms with Gasteiger partial charge in [0.05, 0.1) is 5.69 Å². The number of ether oxygens (including phenoxy) is 1. The quantitative estimate of drug-likeness (QED) is 0.809. The lowest BCUT2D eigenvalue weighted by Crippen LogP contribution is -2.22. The molecule has 1 saturated heterocycles. The van der Waals surface area contributed by atoms with Gasteiger partial charge < -0.3 is 4.74 Å². The van der Waals surface area contributed by atoms with Crippen molar-refractivity contribution in [3.05, 3.63) is 17.5 Å². The molecular weight excluding hydrogens is 289 g/mol. The van der Waals surface area contributed by atoms with Crippen LogP contribution in [-0.2, 0) is 10.9 Å². The largest absolute Gasteiger partial charge is 0.432 e. The van der Waals surface area contributed by atoms with Crippen LogP contribution >= 0.6 is 15.9 Å². The minimum Gasteiger partial charge on any atom is -0.371 e. The Morgan fingerprint density at radius 2 is 2.25 bits per heavy atom. The second-order valence-corrected chi connectivity index (χ2v) is 4.83. The Hall–Kier alpha value is -0.560. The molecule has 1 aliphatic heterocycles. The molecule has 2 heterocycles. The Balaban J connectivity index is 2.18. The van der Waals surface area contributed by atoms with Crippen molar-refractivity contribution in [3.63, 3.8) is 0 Å². The van der Waals surface area contributed by atoms with Crippen molar-refractivity contribution < 1.29 is 17.9 Å². The van der Waals surface area contributed by atoms with E-state index in [0.29, 0.717) is 12.3 Å². The standard InChI is InChI=1S/C9H10BrF3N2O/c10-5-2-1-3-16-8(5)6-4-7(15-14-6)9(11,12)13/h4-5,8H,1-3H2,(H,14,15)/t5-,8?/m0/s1. The maximum atomic E-state index is 12.3. The van der Waals surface area contributed by atoms with Gasteiger partial charge in [-0.1, -0.05) is 15.9 Å². The molecule has 0 aromatic carbocycles. The predicted molar refractivity (Wildman–Crippen MR) is 54.2 cm³/mol. The highest BCUT2D eigenvalue weighted by molar-refractivity contribution is 9.09. The number of H-pyrrole nitrogens is 1. The van der Waals surface area contributed by atoms with Crippen LogP contribution in [0.25, 0.3) is 0 Å². The molecule has 90 valence electrons. The normalized spacial score (nSPS) is 27.0. The summed E-state index contributed by atoms with van der Waals surface area (Å²) in [7, 11) is 0. The first-order valence-electron chi connectivity index (χ1n) is 4.86. The van der Waals surface area contributed by atoms with Crippen molar-refractivity contribution in [2.45, 2.75) is 29.9 Å².